The second kappa shape index (κ2) is 5.64. The number of anilines is 1. The molecule has 2 N–H and O–H groups in total. The highest BCUT2D eigenvalue weighted by Gasteiger charge is 2.23. The minimum Gasteiger partial charge on any atom is -0.305 e. The predicted octanol–water partition coefficient (Wildman–Crippen LogP) is 3.97. The van der Waals surface area contributed by atoms with Crippen molar-refractivity contribution in [2.75, 3.05) is 5.32 Å². The van der Waals surface area contributed by atoms with Crippen LogP contribution < -0.4 is 5.32 Å². The van der Waals surface area contributed by atoms with Crippen LogP contribution in [0, 0.1) is 5.92 Å². The first-order chi connectivity index (χ1) is 10.0. The number of H-pyrrole nitrogens is 1. The summed E-state index contributed by atoms with van der Waals surface area (Å²) >= 11 is 1.72. The molecule has 1 amide bonds. The molecule has 1 atom stereocenters. The van der Waals surface area contributed by atoms with Crippen LogP contribution in [-0.2, 0) is 12.8 Å². The molecule has 0 radical (unpaired) electrons. The number of fused-ring (bicyclic) bond motifs is 1. The number of hydrogen-bond acceptors (Lipinski definition) is 3. The number of nitrogens with zero attached hydrogens (tertiary/aromatic N) is 1. The van der Waals surface area contributed by atoms with E-state index in [0.717, 1.165) is 30.0 Å². The molecule has 5 heteroatoms. The van der Waals surface area contributed by atoms with Crippen molar-refractivity contribution in [2.24, 2.45) is 5.92 Å². The van der Waals surface area contributed by atoms with Gasteiger partial charge in [0.15, 0.2) is 5.82 Å². The largest absolute Gasteiger partial charge is 0.305 e. The van der Waals surface area contributed by atoms with Crippen LogP contribution in [0.5, 0.6) is 0 Å². The highest BCUT2D eigenvalue weighted by atomic mass is 32.1. The number of carbonyl (C=O) groups excluding carboxylic acids is 1. The van der Waals surface area contributed by atoms with Crippen LogP contribution in [0.1, 0.15) is 59.6 Å². The standard InChI is InChI=1S/C16H21N3OS/c1-9(2)13-7-15(19-18-13)17-16(20)12-8-21-14-6-10(3)4-5-11(12)14/h7-10H,4-6H2,1-3H3,(H2,17,18,19,20). The number of aromatic nitrogens is 2. The minimum absolute atomic E-state index is 0.0381. The van der Waals surface area contributed by atoms with Gasteiger partial charge in [-0.15, -0.1) is 11.3 Å². The van der Waals surface area contributed by atoms with Gasteiger partial charge in [-0.05, 0) is 36.7 Å². The van der Waals surface area contributed by atoms with E-state index in [9.17, 15) is 4.79 Å². The monoisotopic (exact) mass is 303 g/mol. The molecule has 0 fully saturated rings. The summed E-state index contributed by atoms with van der Waals surface area (Å²) in [4.78, 5) is 13.8. The first-order valence-corrected chi connectivity index (χ1v) is 8.38. The summed E-state index contributed by atoms with van der Waals surface area (Å²) in [5.74, 6) is 1.67. The Morgan fingerprint density at radius 3 is 3.05 bits per heavy atom. The maximum atomic E-state index is 12.4. The maximum absolute atomic E-state index is 12.4. The number of aromatic amines is 1. The van der Waals surface area contributed by atoms with E-state index in [1.807, 2.05) is 11.4 Å². The molecule has 2 aromatic heterocycles. The molecule has 4 nitrogen and oxygen atoms in total. The summed E-state index contributed by atoms with van der Waals surface area (Å²) in [6, 6.07) is 1.91. The molecule has 3 rings (SSSR count). The lowest BCUT2D eigenvalue weighted by Gasteiger charge is -2.18. The fraction of sp³-hybridized carbons (Fsp3) is 0.500. The van der Waals surface area contributed by atoms with Crippen molar-refractivity contribution < 1.29 is 4.79 Å². The number of thiophene rings is 1. The van der Waals surface area contributed by atoms with Gasteiger partial charge < -0.3 is 5.32 Å². The van der Waals surface area contributed by atoms with Crippen LogP contribution >= 0.6 is 11.3 Å². The normalized spacial score (nSPS) is 17.8. The molecule has 0 aliphatic heterocycles. The summed E-state index contributed by atoms with van der Waals surface area (Å²) in [5.41, 5.74) is 3.11. The van der Waals surface area contributed by atoms with E-state index in [4.69, 9.17) is 0 Å². The van der Waals surface area contributed by atoms with Gasteiger partial charge in [-0.25, -0.2) is 0 Å². The average molecular weight is 303 g/mol. The van der Waals surface area contributed by atoms with Crippen LogP contribution in [0.3, 0.4) is 0 Å². The zero-order chi connectivity index (χ0) is 15.0. The van der Waals surface area contributed by atoms with E-state index in [2.05, 4.69) is 36.3 Å². The molecule has 1 unspecified atom stereocenters. The van der Waals surface area contributed by atoms with Gasteiger partial charge in [0.25, 0.3) is 5.91 Å². The Bertz CT molecular complexity index is 656. The fourth-order valence-corrected chi connectivity index (χ4v) is 3.99. The van der Waals surface area contributed by atoms with E-state index < -0.39 is 0 Å². The van der Waals surface area contributed by atoms with Gasteiger partial charge in [-0.1, -0.05) is 20.8 Å². The van der Waals surface area contributed by atoms with Gasteiger partial charge in [-0.3, -0.25) is 9.89 Å². The molecule has 1 aliphatic rings. The molecule has 112 valence electrons. The molecule has 0 saturated heterocycles. The minimum atomic E-state index is -0.0381. The van der Waals surface area contributed by atoms with Crippen molar-refractivity contribution in [1.82, 2.24) is 10.2 Å². The number of amides is 1. The SMILES string of the molecule is CC1CCc2c(C(=O)Nc3cc(C(C)C)[nH]n3)csc2C1. The summed E-state index contributed by atoms with van der Waals surface area (Å²) in [7, 11) is 0. The van der Waals surface area contributed by atoms with Crippen LogP contribution in [0.25, 0.3) is 0 Å². The first kappa shape index (κ1) is 14.3. The van der Waals surface area contributed by atoms with Crippen LogP contribution in [-0.4, -0.2) is 16.1 Å². The molecule has 1 aliphatic carbocycles. The molecular formula is C16H21N3OS. The highest BCUT2D eigenvalue weighted by Crippen LogP contribution is 2.33. The third-order valence-electron chi connectivity index (χ3n) is 4.11. The number of carbonyl (C=O) groups is 1. The Morgan fingerprint density at radius 1 is 1.52 bits per heavy atom. The first-order valence-electron chi connectivity index (χ1n) is 7.50. The van der Waals surface area contributed by atoms with E-state index in [1.165, 1.54) is 16.9 Å². The van der Waals surface area contributed by atoms with Crippen molar-refractivity contribution in [2.45, 2.75) is 46.0 Å². The molecule has 2 heterocycles. The molecule has 21 heavy (non-hydrogen) atoms. The third kappa shape index (κ3) is 2.88. The quantitative estimate of drug-likeness (QED) is 0.901. The summed E-state index contributed by atoms with van der Waals surface area (Å²) in [5, 5.41) is 12.0. The summed E-state index contributed by atoms with van der Waals surface area (Å²) in [6.45, 7) is 6.46. The Labute approximate surface area is 129 Å². The lowest BCUT2D eigenvalue weighted by atomic mass is 9.88. The molecule has 0 aromatic carbocycles. The van der Waals surface area contributed by atoms with Crippen molar-refractivity contribution in [3.05, 3.63) is 33.1 Å². The Kier molecular flexibility index (Phi) is 3.85. The zero-order valence-corrected chi connectivity index (χ0v) is 13.5. The highest BCUT2D eigenvalue weighted by molar-refractivity contribution is 7.10. The third-order valence-corrected chi connectivity index (χ3v) is 5.16. The molecule has 0 saturated carbocycles. The Balaban J connectivity index is 1.76. The number of nitrogens with one attached hydrogen (secondary N) is 2. The van der Waals surface area contributed by atoms with Gasteiger partial charge >= 0.3 is 0 Å². The van der Waals surface area contributed by atoms with E-state index in [1.54, 1.807) is 11.3 Å². The van der Waals surface area contributed by atoms with Gasteiger partial charge in [0, 0.05) is 22.0 Å². The van der Waals surface area contributed by atoms with Crippen molar-refractivity contribution in [3.8, 4) is 0 Å². The average Bonchev–Trinajstić information content (AvgIpc) is 3.04. The zero-order valence-electron chi connectivity index (χ0n) is 12.7. The Morgan fingerprint density at radius 2 is 2.33 bits per heavy atom. The van der Waals surface area contributed by atoms with Gasteiger partial charge in [0.1, 0.15) is 0 Å². The second-order valence-electron chi connectivity index (χ2n) is 6.22. The van der Waals surface area contributed by atoms with Gasteiger partial charge in [0.05, 0.1) is 5.56 Å². The van der Waals surface area contributed by atoms with Crippen molar-refractivity contribution in [1.29, 1.82) is 0 Å². The Hall–Kier alpha value is -1.62. The molecular weight excluding hydrogens is 282 g/mol. The lowest BCUT2D eigenvalue weighted by Crippen LogP contribution is -2.16. The molecule has 0 spiro atoms. The summed E-state index contributed by atoms with van der Waals surface area (Å²) < 4.78 is 0. The van der Waals surface area contributed by atoms with E-state index in [-0.39, 0.29) is 5.91 Å². The smallest absolute Gasteiger partial charge is 0.257 e. The van der Waals surface area contributed by atoms with Crippen LogP contribution in [0.15, 0.2) is 11.4 Å². The van der Waals surface area contributed by atoms with Crippen molar-refractivity contribution >= 4 is 23.1 Å². The predicted molar refractivity (Wildman–Crippen MR) is 86.1 cm³/mol. The lowest BCUT2D eigenvalue weighted by molar-refractivity contribution is 0.102. The number of rotatable bonds is 3. The van der Waals surface area contributed by atoms with Crippen LogP contribution in [0.4, 0.5) is 5.82 Å². The van der Waals surface area contributed by atoms with Crippen molar-refractivity contribution in [3.63, 3.8) is 0 Å². The number of hydrogen-bond donors (Lipinski definition) is 2. The molecule has 0 bridgehead atoms. The van der Waals surface area contributed by atoms with Crippen LogP contribution in [0.2, 0.25) is 0 Å². The maximum Gasteiger partial charge on any atom is 0.257 e. The van der Waals surface area contributed by atoms with Gasteiger partial charge in [-0.2, -0.15) is 5.10 Å². The molecule has 2 aromatic rings. The van der Waals surface area contributed by atoms with E-state index >= 15 is 0 Å². The fourth-order valence-electron chi connectivity index (χ4n) is 2.75. The van der Waals surface area contributed by atoms with E-state index in [0.29, 0.717) is 11.7 Å². The summed E-state index contributed by atoms with van der Waals surface area (Å²) in [6.07, 6.45) is 3.29. The topological polar surface area (TPSA) is 57.8 Å². The van der Waals surface area contributed by atoms with Gasteiger partial charge in [0.2, 0.25) is 0 Å². The second-order valence-corrected chi connectivity index (χ2v) is 7.18.